The van der Waals surface area contributed by atoms with Crippen LogP contribution < -0.4 is 5.32 Å². The summed E-state index contributed by atoms with van der Waals surface area (Å²) in [6.07, 6.45) is 0.996. The predicted molar refractivity (Wildman–Crippen MR) is 74.0 cm³/mol. The van der Waals surface area contributed by atoms with Gasteiger partial charge in [0, 0.05) is 19.3 Å². The Morgan fingerprint density at radius 3 is 2.82 bits per heavy atom. The zero-order valence-electron chi connectivity index (χ0n) is 10.3. The topological polar surface area (TPSA) is 21.3 Å². The van der Waals surface area contributed by atoms with E-state index in [-0.39, 0.29) is 6.04 Å². The van der Waals surface area contributed by atoms with E-state index in [2.05, 4.69) is 12.2 Å². The molecule has 96 valence electrons. The average molecular weight is 276 g/mol. The molecule has 0 saturated carbocycles. The number of nitrogens with one attached hydrogen (secondary N) is 1. The molecule has 0 aliphatic carbocycles. The SMILES string of the molecule is CCOCCCNC(C)c1cccc(Cl)c1Cl. The van der Waals surface area contributed by atoms with Gasteiger partial charge in [0.1, 0.15) is 0 Å². The van der Waals surface area contributed by atoms with E-state index < -0.39 is 0 Å². The van der Waals surface area contributed by atoms with E-state index in [1.54, 1.807) is 6.07 Å². The summed E-state index contributed by atoms with van der Waals surface area (Å²) in [5.74, 6) is 0. The van der Waals surface area contributed by atoms with Crippen LogP contribution in [0.25, 0.3) is 0 Å². The second-order valence-electron chi connectivity index (χ2n) is 3.87. The van der Waals surface area contributed by atoms with Gasteiger partial charge in [0.25, 0.3) is 0 Å². The third kappa shape index (κ3) is 4.84. The molecule has 0 amide bonds. The Hall–Kier alpha value is -0.280. The van der Waals surface area contributed by atoms with Gasteiger partial charge in [0.2, 0.25) is 0 Å². The monoisotopic (exact) mass is 275 g/mol. The molecular weight excluding hydrogens is 257 g/mol. The fourth-order valence-electron chi connectivity index (χ4n) is 1.60. The van der Waals surface area contributed by atoms with Crippen LogP contribution in [-0.4, -0.2) is 19.8 Å². The fourth-order valence-corrected chi connectivity index (χ4v) is 2.07. The smallest absolute Gasteiger partial charge is 0.0639 e. The maximum atomic E-state index is 6.15. The van der Waals surface area contributed by atoms with E-state index in [1.807, 2.05) is 19.1 Å². The van der Waals surface area contributed by atoms with Crippen molar-refractivity contribution in [3.8, 4) is 0 Å². The first-order chi connectivity index (χ1) is 8.16. The van der Waals surface area contributed by atoms with Crippen molar-refractivity contribution >= 4 is 23.2 Å². The highest BCUT2D eigenvalue weighted by Crippen LogP contribution is 2.29. The Morgan fingerprint density at radius 1 is 1.35 bits per heavy atom. The van der Waals surface area contributed by atoms with E-state index in [0.29, 0.717) is 10.0 Å². The molecule has 4 heteroatoms. The van der Waals surface area contributed by atoms with Crippen molar-refractivity contribution < 1.29 is 4.74 Å². The molecule has 1 unspecified atom stereocenters. The van der Waals surface area contributed by atoms with Gasteiger partial charge in [-0.15, -0.1) is 0 Å². The normalized spacial score (nSPS) is 12.7. The number of hydrogen-bond acceptors (Lipinski definition) is 2. The molecule has 1 aromatic carbocycles. The molecule has 0 heterocycles. The summed E-state index contributed by atoms with van der Waals surface area (Å²) in [4.78, 5) is 0. The van der Waals surface area contributed by atoms with Crippen molar-refractivity contribution in [1.29, 1.82) is 0 Å². The lowest BCUT2D eigenvalue weighted by Gasteiger charge is -2.16. The Labute approximate surface area is 113 Å². The Morgan fingerprint density at radius 2 is 2.12 bits per heavy atom. The van der Waals surface area contributed by atoms with Crippen molar-refractivity contribution in [1.82, 2.24) is 5.32 Å². The van der Waals surface area contributed by atoms with E-state index in [1.165, 1.54) is 0 Å². The van der Waals surface area contributed by atoms with Crippen molar-refractivity contribution in [2.45, 2.75) is 26.3 Å². The fraction of sp³-hybridized carbons (Fsp3) is 0.538. The molecule has 0 spiro atoms. The van der Waals surface area contributed by atoms with Crippen LogP contribution in [0.2, 0.25) is 10.0 Å². The van der Waals surface area contributed by atoms with Gasteiger partial charge in [-0.3, -0.25) is 0 Å². The van der Waals surface area contributed by atoms with Crippen LogP contribution in [0.15, 0.2) is 18.2 Å². The van der Waals surface area contributed by atoms with Crippen LogP contribution in [0.5, 0.6) is 0 Å². The van der Waals surface area contributed by atoms with Crippen LogP contribution in [0.3, 0.4) is 0 Å². The molecule has 2 nitrogen and oxygen atoms in total. The van der Waals surface area contributed by atoms with Crippen molar-refractivity contribution in [3.05, 3.63) is 33.8 Å². The molecule has 0 radical (unpaired) electrons. The highest BCUT2D eigenvalue weighted by atomic mass is 35.5. The van der Waals surface area contributed by atoms with Crippen LogP contribution in [0.4, 0.5) is 0 Å². The van der Waals surface area contributed by atoms with Gasteiger partial charge in [-0.25, -0.2) is 0 Å². The maximum absolute atomic E-state index is 6.15. The molecule has 0 aliphatic heterocycles. The maximum Gasteiger partial charge on any atom is 0.0639 e. The summed E-state index contributed by atoms with van der Waals surface area (Å²) in [6, 6.07) is 5.91. The first-order valence-electron chi connectivity index (χ1n) is 5.91. The van der Waals surface area contributed by atoms with Crippen molar-refractivity contribution in [2.75, 3.05) is 19.8 Å². The lowest BCUT2D eigenvalue weighted by molar-refractivity contribution is 0.144. The third-order valence-corrected chi connectivity index (χ3v) is 3.40. The molecule has 1 N–H and O–H groups in total. The van der Waals surface area contributed by atoms with Crippen LogP contribution >= 0.6 is 23.2 Å². The molecule has 1 atom stereocenters. The largest absolute Gasteiger partial charge is 0.382 e. The predicted octanol–water partition coefficient (Wildman–Crippen LogP) is 4.07. The van der Waals surface area contributed by atoms with E-state index in [0.717, 1.165) is 31.7 Å². The summed E-state index contributed by atoms with van der Waals surface area (Å²) < 4.78 is 5.28. The number of ether oxygens (including phenoxy) is 1. The van der Waals surface area contributed by atoms with Crippen molar-refractivity contribution in [3.63, 3.8) is 0 Å². The van der Waals surface area contributed by atoms with Crippen molar-refractivity contribution in [2.24, 2.45) is 0 Å². The Bertz CT molecular complexity index is 344. The van der Waals surface area contributed by atoms with Gasteiger partial charge in [-0.05, 0) is 38.4 Å². The second-order valence-corrected chi connectivity index (χ2v) is 4.65. The molecular formula is C13H19Cl2NO. The lowest BCUT2D eigenvalue weighted by atomic mass is 10.1. The zero-order chi connectivity index (χ0) is 12.7. The van der Waals surface area contributed by atoms with Gasteiger partial charge >= 0.3 is 0 Å². The lowest BCUT2D eigenvalue weighted by Crippen LogP contribution is -2.21. The van der Waals surface area contributed by atoms with Gasteiger partial charge in [-0.1, -0.05) is 35.3 Å². The number of benzene rings is 1. The third-order valence-electron chi connectivity index (χ3n) is 2.57. The van der Waals surface area contributed by atoms with Crippen LogP contribution in [0.1, 0.15) is 31.9 Å². The summed E-state index contributed by atoms with van der Waals surface area (Å²) in [5.41, 5.74) is 1.04. The molecule has 0 bridgehead atoms. The highest BCUT2D eigenvalue weighted by Gasteiger charge is 2.10. The van der Waals surface area contributed by atoms with Gasteiger partial charge < -0.3 is 10.1 Å². The molecule has 0 aliphatic rings. The molecule has 0 aromatic heterocycles. The van der Waals surface area contributed by atoms with E-state index in [9.17, 15) is 0 Å². The number of hydrogen-bond donors (Lipinski definition) is 1. The second kappa shape index (κ2) is 7.93. The Balaban J connectivity index is 2.41. The summed E-state index contributed by atoms with van der Waals surface area (Å²) in [5, 5.41) is 4.64. The molecule has 17 heavy (non-hydrogen) atoms. The van der Waals surface area contributed by atoms with Gasteiger partial charge in [0.15, 0.2) is 0 Å². The quantitative estimate of drug-likeness (QED) is 0.758. The number of halogens is 2. The van der Waals surface area contributed by atoms with Crippen LogP contribution in [0, 0.1) is 0 Å². The molecule has 1 aromatic rings. The first kappa shape index (κ1) is 14.8. The van der Waals surface area contributed by atoms with Gasteiger partial charge in [0.05, 0.1) is 10.0 Å². The van der Waals surface area contributed by atoms with E-state index in [4.69, 9.17) is 27.9 Å². The summed E-state index contributed by atoms with van der Waals surface area (Å²) in [6.45, 7) is 6.55. The Kier molecular flexibility index (Phi) is 6.90. The highest BCUT2D eigenvalue weighted by molar-refractivity contribution is 6.42. The number of rotatable bonds is 7. The minimum absolute atomic E-state index is 0.197. The molecule has 0 fully saturated rings. The molecule has 0 saturated heterocycles. The minimum Gasteiger partial charge on any atom is -0.382 e. The summed E-state index contributed by atoms with van der Waals surface area (Å²) in [7, 11) is 0. The zero-order valence-corrected chi connectivity index (χ0v) is 11.8. The standard InChI is InChI=1S/C13H19Cl2NO/c1-3-17-9-5-8-16-10(2)11-6-4-7-12(14)13(11)15/h4,6-7,10,16H,3,5,8-9H2,1-2H3. The first-order valence-corrected chi connectivity index (χ1v) is 6.67. The van der Waals surface area contributed by atoms with Crippen LogP contribution in [-0.2, 0) is 4.74 Å². The average Bonchev–Trinajstić information content (AvgIpc) is 2.32. The van der Waals surface area contributed by atoms with Gasteiger partial charge in [-0.2, -0.15) is 0 Å². The summed E-state index contributed by atoms with van der Waals surface area (Å²) >= 11 is 12.1. The molecule has 1 rings (SSSR count). The minimum atomic E-state index is 0.197. The van der Waals surface area contributed by atoms with E-state index >= 15 is 0 Å².